The van der Waals surface area contributed by atoms with E-state index in [1.54, 1.807) is 0 Å². The third-order valence-electron chi connectivity index (χ3n) is 6.68. The van der Waals surface area contributed by atoms with Crippen molar-refractivity contribution in [2.45, 2.75) is 84.0 Å². The van der Waals surface area contributed by atoms with Gasteiger partial charge in [-0.25, -0.2) is 0 Å². The summed E-state index contributed by atoms with van der Waals surface area (Å²) < 4.78 is 0. The average Bonchev–Trinajstić information content (AvgIpc) is 3.22. The van der Waals surface area contributed by atoms with Gasteiger partial charge in [-0.05, 0) is 62.5 Å². The van der Waals surface area contributed by atoms with Crippen LogP contribution in [0.1, 0.15) is 94.3 Å². The quantitative estimate of drug-likeness (QED) is 0.252. The number of likely N-dealkylation sites (tertiary alicyclic amines) is 1. The Kier molecular flexibility index (Phi) is 15.8. The summed E-state index contributed by atoms with van der Waals surface area (Å²) in [4.78, 5) is 17.0. The van der Waals surface area contributed by atoms with Gasteiger partial charge >= 0.3 is 0 Å². The molecule has 1 unspecified atom stereocenters. The normalized spacial score (nSPS) is 16.0. The van der Waals surface area contributed by atoms with Crippen LogP contribution in [0.3, 0.4) is 0 Å². The Hall–Kier alpha value is -1.07. The molecule has 1 fully saturated rings. The molecule has 1 amide bonds. The van der Waals surface area contributed by atoms with Crippen molar-refractivity contribution >= 4 is 28.6 Å². The van der Waals surface area contributed by atoms with E-state index in [-0.39, 0.29) is 22.9 Å². The van der Waals surface area contributed by atoms with Crippen LogP contribution in [0, 0.1) is 5.92 Å². The van der Waals surface area contributed by atoms with E-state index in [1.165, 1.54) is 90.3 Å². The van der Waals surface area contributed by atoms with Crippen LogP contribution in [0.25, 0.3) is 0 Å². The van der Waals surface area contributed by atoms with Crippen LogP contribution in [-0.2, 0) is 0 Å². The molecular formula is C27H48BrN3O. The second-order valence-corrected chi connectivity index (χ2v) is 9.62. The van der Waals surface area contributed by atoms with Crippen LogP contribution in [0.2, 0.25) is 0 Å². The first kappa shape index (κ1) is 29.0. The second kappa shape index (κ2) is 17.4. The van der Waals surface area contributed by atoms with E-state index in [0.717, 1.165) is 30.1 Å². The zero-order valence-corrected chi connectivity index (χ0v) is 22.6. The monoisotopic (exact) mass is 509 g/mol. The van der Waals surface area contributed by atoms with Gasteiger partial charge in [-0.1, -0.05) is 64.7 Å². The van der Waals surface area contributed by atoms with Crippen LogP contribution in [0.4, 0.5) is 5.69 Å². The minimum Gasteiger partial charge on any atom is -0.378 e. The van der Waals surface area contributed by atoms with Crippen molar-refractivity contribution in [3.63, 3.8) is 0 Å². The number of carbonyl (C=O) groups is 1. The lowest BCUT2D eigenvalue weighted by Gasteiger charge is -2.16. The van der Waals surface area contributed by atoms with E-state index >= 15 is 0 Å². The number of hydrogen-bond acceptors (Lipinski definition) is 3. The predicted octanol–water partition coefficient (Wildman–Crippen LogP) is 6.69. The standard InChI is InChI=1S/C27H47N3O.BrH/c1-4-5-6-7-8-9-10-11-12-13-21-30-22-19-24(23-30)18-20-28-27(31)25-14-16-26(17-15-25)29(2)3;/h14-17,24H,4-13,18-23H2,1-3H3,(H,28,31);1H. The van der Waals surface area contributed by atoms with Gasteiger partial charge in [0, 0.05) is 38.4 Å². The molecule has 0 saturated carbocycles. The Labute approximate surface area is 208 Å². The lowest BCUT2D eigenvalue weighted by molar-refractivity contribution is 0.0951. The fraction of sp³-hybridized carbons (Fsp3) is 0.741. The Bertz CT molecular complexity index is 605. The van der Waals surface area contributed by atoms with Gasteiger partial charge in [0.05, 0.1) is 0 Å². The first-order valence-corrected chi connectivity index (χ1v) is 12.9. The Balaban J connectivity index is 0.00000512. The summed E-state index contributed by atoms with van der Waals surface area (Å²) in [5.74, 6) is 0.782. The van der Waals surface area contributed by atoms with Crippen molar-refractivity contribution in [3.05, 3.63) is 29.8 Å². The minimum atomic E-state index is 0. The largest absolute Gasteiger partial charge is 0.378 e. The van der Waals surface area contributed by atoms with E-state index in [9.17, 15) is 4.79 Å². The fourth-order valence-corrected chi connectivity index (χ4v) is 4.58. The number of carbonyl (C=O) groups excluding carboxylic acids is 1. The minimum absolute atomic E-state index is 0. The molecule has 0 aliphatic carbocycles. The molecule has 0 bridgehead atoms. The summed E-state index contributed by atoms with van der Waals surface area (Å²) in [6.07, 6.45) is 16.4. The fourth-order valence-electron chi connectivity index (χ4n) is 4.58. The molecule has 5 heteroatoms. The van der Waals surface area contributed by atoms with Gasteiger partial charge in [-0.3, -0.25) is 4.79 Å². The van der Waals surface area contributed by atoms with Gasteiger partial charge in [0.15, 0.2) is 0 Å². The molecule has 184 valence electrons. The van der Waals surface area contributed by atoms with E-state index in [1.807, 2.05) is 43.3 Å². The Morgan fingerprint density at radius 1 is 0.969 bits per heavy atom. The van der Waals surface area contributed by atoms with Gasteiger partial charge in [-0.15, -0.1) is 17.0 Å². The number of hydrogen-bond donors (Lipinski definition) is 1. The van der Waals surface area contributed by atoms with Crippen molar-refractivity contribution < 1.29 is 4.79 Å². The van der Waals surface area contributed by atoms with E-state index < -0.39 is 0 Å². The molecule has 4 nitrogen and oxygen atoms in total. The molecule has 1 aliphatic heterocycles. The lowest BCUT2D eigenvalue weighted by atomic mass is 10.1. The molecule has 32 heavy (non-hydrogen) atoms. The van der Waals surface area contributed by atoms with Crippen molar-refractivity contribution in [1.29, 1.82) is 0 Å². The summed E-state index contributed by atoms with van der Waals surface area (Å²) in [5.41, 5.74) is 1.87. The van der Waals surface area contributed by atoms with Crippen LogP contribution >= 0.6 is 17.0 Å². The Morgan fingerprint density at radius 3 is 2.16 bits per heavy atom. The van der Waals surface area contributed by atoms with Crippen molar-refractivity contribution in [1.82, 2.24) is 10.2 Å². The highest BCUT2D eigenvalue weighted by atomic mass is 79.9. The SMILES string of the molecule is Br.CCCCCCCCCCCCN1CCC(CCNC(=O)c2ccc(N(C)C)cc2)C1. The highest BCUT2D eigenvalue weighted by Crippen LogP contribution is 2.20. The third-order valence-corrected chi connectivity index (χ3v) is 6.68. The molecule has 1 N–H and O–H groups in total. The number of amides is 1. The number of nitrogens with one attached hydrogen (secondary N) is 1. The van der Waals surface area contributed by atoms with E-state index in [4.69, 9.17) is 0 Å². The van der Waals surface area contributed by atoms with Crippen LogP contribution in [0.15, 0.2) is 24.3 Å². The molecule has 1 heterocycles. The average molecular weight is 511 g/mol. The molecule has 1 saturated heterocycles. The van der Waals surface area contributed by atoms with Gasteiger partial charge in [0.25, 0.3) is 5.91 Å². The summed E-state index contributed by atoms with van der Waals surface area (Å²) >= 11 is 0. The maximum atomic E-state index is 12.3. The van der Waals surface area contributed by atoms with Crippen LogP contribution in [0.5, 0.6) is 0 Å². The molecule has 1 aromatic carbocycles. The number of rotatable bonds is 16. The molecular weight excluding hydrogens is 462 g/mol. The second-order valence-electron chi connectivity index (χ2n) is 9.62. The van der Waals surface area contributed by atoms with Crippen LogP contribution in [-0.4, -0.2) is 51.1 Å². The maximum absolute atomic E-state index is 12.3. The lowest BCUT2D eigenvalue weighted by Crippen LogP contribution is -2.27. The summed E-state index contributed by atoms with van der Waals surface area (Å²) in [5, 5.41) is 3.11. The molecule has 0 spiro atoms. The van der Waals surface area contributed by atoms with E-state index in [2.05, 4.69) is 17.1 Å². The summed E-state index contributed by atoms with van der Waals surface area (Å²) in [6.45, 7) is 6.78. The highest BCUT2D eigenvalue weighted by Gasteiger charge is 2.21. The molecule has 0 radical (unpaired) electrons. The van der Waals surface area contributed by atoms with Crippen molar-refractivity contribution in [2.24, 2.45) is 5.92 Å². The van der Waals surface area contributed by atoms with Gasteiger partial charge < -0.3 is 15.1 Å². The molecule has 1 atom stereocenters. The van der Waals surface area contributed by atoms with Gasteiger partial charge in [0.1, 0.15) is 0 Å². The topological polar surface area (TPSA) is 35.6 Å². The van der Waals surface area contributed by atoms with Crippen molar-refractivity contribution in [2.75, 3.05) is 45.2 Å². The highest BCUT2D eigenvalue weighted by molar-refractivity contribution is 8.93. The first-order valence-electron chi connectivity index (χ1n) is 12.9. The third kappa shape index (κ3) is 11.7. The molecule has 1 aliphatic rings. The van der Waals surface area contributed by atoms with Crippen LogP contribution < -0.4 is 10.2 Å². The smallest absolute Gasteiger partial charge is 0.251 e. The van der Waals surface area contributed by atoms with Crippen molar-refractivity contribution in [3.8, 4) is 0 Å². The number of halogens is 1. The molecule has 1 aromatic rings. The summed E-state index contributed by atoms with van der Waals surface area (Å²) in [7, 11) is 4.02. The number of benzene rings is 1. The Morgan fingerprint density at radius 2 is 1.56 bits per heavy atom. The molecule has 2 rings (SSSR count). The number of nitrogens with zero attached hydrogens (tertiary/aromatic N) is 2. The maximum Gasteiger partial charge on any atom is 0.251 e. The predicted molar refractivity (Wildman–Crippen MR) is 144 cm³/mol. The zero-order chi connectivity index (χ0) is 22.3. The van der Waals surface area contributed by atoms with E-state index in [0.29, 0.717) is 0 Å². The first-order chi connectivity index (χ1) is 15.1. The number of unbranched alkanes of at least 4 members (excludes halogenated alkanes) is 9. The zero-order valence-electron chi connectivity index (χ0n) is 20.9. The molecule has 0 aromatic heterocycles. The summed E-state index contributed by atoms with van der Waals surface area (Å²) in [6, 6.07) is 7.82. The van der Waals surface area contributed by atoms with Gasteiger partial charge in [-0.2, -0.15) is 0 Å². The number of anilines is 1. The van der Waals surface area contributed by atoms with Gasteiger partial charge in [0.2, 0.25) is 0 Å².